The van der Waals surface area contributed by atoms with Crippen molar-refractivity contribution < 1.29 is 0 Å². The highest BCUT2D eigenvalue weighted by Gasteiger charge is 2.26. The molecule has 244 valence electrons. The molecule has 1 atom stereocenters. The lowest BCUT2D eigenvalue weighted by Gasteiger charge is -2.33. The summed E-state index contributed by atoms with van der Waals surface area (Å²) in [6.07, 6.45) is 3.08. The van der Waals surface area contributed by atoms with Crippen LogP contribution in [0.25, 0.3) is 0 Å². The standard InChI is InChI=1S/C40H45N3.C4H8/c1-28-13-9-11-17-36(28)39(41)37-20-19-33(26-31(37)4)27-43-23-21-35(22-24-43)40(42-38-18-12-10-14-29(38)2)32(5)25-30(3)34-15-7-6-8-16-34;1-4(2)3/h6-20,26,30,35,41H,5,21-25,27H2,1-4H3;1H2,2-3H3. The third-order valence-corrected chi connectivity index (χ3v) is 8.99. The van der Waals surface area contributed by atoms with Crippen molar-refractivity contribution >= 4 is 17.1 Å². The fraction of sp³-hybridized carbons (Fsp3) is 0.318. The zero-order valence-corrected chi connectivity index (χ0v) is 29.4. The van der Waals surface area contributed by atoms with Crippen molar-refractivity contribution in [2.45, 2.75) is 73.3 Å². The van der Waals surface area contributed by atoms with Crippen LogP contribution in [0.5, 0.6) is 0 Å². The lowest BCUT2D eigenvalue weighted by atomic mass is 9.84. The Bertz CT molecular complexity index is 1700. The molecule has 5 rings (SSSR count). The Kier molecular flexibility index (Phi) is 12.8. The van der Waals surface area contributed by atoms with Gasteiger partial charge in [0.2, 0.25) is 0 Å². The molecular formula is C44H53N3. The van der Waals surface area contributed by atoms with Crippen LogP contribution >= 0.6 is 0 Å². The van der Waals surface area contributed by atoms with E-state index in [0.29, 0.717) is 17.5 Å². The summed E-state index contributed by atoms with van der Waals surface area (Å²) in [6, 6.07) is 34.0. The van der Waals surface area contributed by atoms with Gasteiger partial charge in [-0.15, -0.1) is 6.58 Å². The van der Waals surface area contributed by atoms with Crippen LogP contribution in [0.3, 0.4) is 0 Å². The second-order valence-electron chi connectivity index (χ2n) is 13.5. The van der Waals surface area contributed by atoms with E-state index in [1.54, 1.807) is 0 Å². The molecule has 1 aliphatic rings. The lowest BCUT2D eigenvalue weighted by molar-refractivity contribution is 0.202. The third-order valence-electron chi connectivity index (χ3n) is 8.99. The van der Waals surface area contributed by atoms with Gasteiger partial charge in [0.1, 0.15) is 0 Å². The molecule has 1 N–H and O–H groups in total. The molecule has 1 unspecified atom stereocenters. The Balaban J connectivity index is 0.00000118. The first-order chi connectivity index (χ1) is 22.5. The molecule has 1 saturated heterocycles. The molecule has 1 heterocycles. The zero-order valence-electron chi connectivity index (χ0n) is 29.4. The number of rotatable bonds is 10. The van der Waals surface area contributed by atoms with Gasteiger partial charge in [-0.3, -0.25) is 15.3 Å². The molecule has 4 aromatic carbocycles. The van der Waals surface area contributed by atoms with Crippen LogP contribution in [0.1, 0.15) is 84.9 Å². The van der Waals surface area contributed by atoms with Crippen LogP contribution < -0.4 is 0 Å². The van der Waals surface area contributed by atoms with Gasteiger partial charge < -0.3 is 0 Å². The highest BCUT2D eigenvalue weighted by atomic mass is 15.1. The average molecular weight is 624 g/mol. The molecular weight excluding hydrogens is 571 g/mol. The molecule has 47 heavy (non-hydrogen) atoms. The van der Waals surface area contributed by atoms with E-state index in [9.17, 15) is 0 Å². The molecule has 1 aliphatic heterocycles. The van der Waals surface area contributed by atoms with E-state index < -0.39 is 0 Å². The molecule has 0 saturated carbocycles. The zero-order chi connectivity index (χ0) is 33.9. The number of para-hydroxylation sites is 1. The SMILES string of the molecule is C=C(C)C.C=C(CC(C)c1ccccc1)C(=Nc1ccccc1C)C1CCN(Cc2ccc(C(=N)c3ccccc3C)c(C)c2)CC1. The van der Waals surface area contributed by atoms with Crippen molar-refractivity contribution in [1.29, 1.82) is 5.41 Å². The number of nitrogens with zero attached hydrogens (tertiary/aromatic N) is 2. The van der Waals surface area contributed by atoms with E-state index in [-0.39, 0.29) is 0 Å². The number of piperidine rings is 1. The van der Waals surface area contributed by atoms with Crippen molar-refractivity contribution in [3.63, 3.8) is 0 Å². The summed E-state index contributed by atoms with van der Waals surface area (Å²) < 4.78 is 0. The van der Waals surface area contributed by atoms with Gasteiger partial charge in [0, 0.05) is 29.3 Å². The van der Waals surface area contributed by atoms with Gasteiger partial charge >= 0.3 is 0 Å². The number of likely N-dealkylation sites (tertiary alicyclic amines) is 1. The Morgan fingerprint density at radius 2 is 1.36 bits per heavy atom. The Morgan fingerprint density at radius 3 is 1.98 bits per heavy atom. The summed E-state index contributed by atoms with van der Waals surface area (Å²) in [4.78, 5) is 7.85. The minimum atomic E-state index is 0.398. The summed E-state index contributed by atoms with van der Waals surface area (Å²) in [5.41, 5.74) is 13.4. The molecule has 0 spiro atoms. The molecule has 0 aromatic heterocycles. The van der Waals surface area contributed by atoms with Crippen LogP contribution in [0.4, 0.5) is 5.69 Å². The summed E-state index contributed by atoms with van der Waals surface area (Å²) in [5.74, 6) is 0.805. The quantitative estimate of drug-likeness (QED) is 0.139. The number of aryl methyl sites for hydroxylation is 3. The van der Waals surface area contributed by atoms with E-state index in [0.717, 1.165) is 66.8 Å². The maximum absolute atomic E-state index is 8.83. The van der Waals surface area contributed by atoms with Crippen LogP contribution in [0.2, 0.25) is 0 Å². The first-order valence-corrected chi connectivity index (χ1v) is 17.0. The van der Waals surface area contributed by atoms with Gasteiger partial charge in [-0.2, -0.15) is 0 Å². The summed E-state index contributed by atoms with van der Waals surface area (Å²) in [7, 11) is 0. The van der Waals surface area contributed by atoms with E-state index in [1.807, 2.05) is 32.0 Å². The molecule has 3 nitrogen and oxygen atoms in total. The fourth-order valence-corrected chi connectivity index (χ4v) is 6.38. The predicted octanol–water partition coefficient (Wildman–Crippen LogP) is 11.3. The lowest BCUT2D eigenvalue weighted by Crippen LogP contribution is -2.36. The first-order valence-electron chi connectivity index (χ1n) is 17.0. The first kappa shape index (κ1) is 35.5. The van der Waals surface area contributed by atoms with E-state index in [2.05, 4.69) is 125 Å². The maximum atomic E-state index is 8.83. The predicted molar refractivity (Wildman–Crippen MR) is 204 cm³/mol. The van der Waals surface area contributed by atoms with Crippen molar-refractivity contribution in [1.82, 2.24) is 4.90 Å². The van der Waals surface area contributed by atoms with E-state index in [1.165, 1.54) is 33.5 Å². The molecule has 3 heteroatoms. The van der Waals surface area contributed by atoms with Crippen LogP contribution in [-0.2, 0) is 6.54 Å². The smallest absolute Gasteiger partial charge is 0.0689 e. The van der Waals surface area contributed by atoms with Gasteiger partial charge in [-0.1, -0.05) is 110 Å². The van der Waals surface area contributed by atoms with Gasteiger partial charge in [0.15, 0.2) is 0 Å². The van der Waals surface area contributed by atoms with Gasteiger partial charge in [-0.05, 0) is 112 Å². The Labute approximate surface area is 284 Å². The largest absolute Gasteiger partial charge is 0.300 e. The molecule has 0 amide bonds. The molecule has 0 radical (unpaired) electrons. The number of hydrogen-bond acceptors (Lipinski definition) is 3. The van der Waals surface area contributed by atoms with Crippen molar-refractivity contribution in [3.05, 3.63) is 160 Å². The summed E-state index contributed by atoms with van der Waals surface area (Å²) in [6.45, 7) is 23.8. The van der Waals surface area contributed by atoms with E-state index in [4.69, 9.17) is 10.4 Å². The minimum Gasteiger partial charge on any atom is -0.300 e. The van der Waals surface area contributed by atoms with Crippen molar-refractivity contribution in [3.8, 4) is 0 Å². The average Bonchev–Trinajstić information content (AvgIpc) is 3.05. The number of allylic oxidation sites excluding steroid dienone is 2. The monoisotopic (exact) mass is 623 g/mol. The second-order valence-corrected chi connectivity index (χ2v) is 13.5. The number of hydrogen-bond donors (Lipinski definition) is 1. The molecule has 0 aliphatic carbocycles. The van der Waals surface area contributed by atoms with E-state index >= 15 is 0 Å². The van der Waals surface area contributed by atoms with Gasteiger partial charge in [0.25, 0.3) is 0 Å². The third kappa shape index (κ3) is 10.1. The Morgan fingerprint density at radius 1 is 0.787 bits per heavy atom. The molecule has 1 fully saturated rings. The van der Waals surface area contributed by atoms with Gasteiger partial charge in [-0.25, -0.2) is 0 Å². The summed E-state index contributed by atoms with van der Waals surface area (Å²) in [5, 5.41) is 8.83. The van der Waals surface area contributed by atoms with Crippen LogP contribution in [-0.4, -0.2) is 29.4 Å². The maximum Gasteiger partial charge on any atom is 0.0689 e. The Hall–Kier alpha value is -4.34. The second kappa shape index (κ2) is 17.0. The fourth-order valence-electron chi connectivity index (χ4n) is 6.38. The molecule has 0 bridgehead atoms. The molecule has 4 aromatic rings. The van der Waals surface area contributed by atoms with Crippen LogP contribution in [0.15, 0.2) is 126 Å². The van der Waals surface area contributed by atoms with Gasteiger partial charge in [0.05, 0.1) is 11.4 Å². The van der Waals surface area contributed by atoms with Crippen molar-refractivity contribution in [2.24, 2.45) is 10.9 Å². The number of benzene rings is 4. The number of nitrogens with one attached hydrogen (secondary N) is 1. The topological polar surface area (TPSA) is 39.5 Å². The highest BCUT2D eigenvalue weighted by Crippen LogP contribution is 2.31. The highest BCUT2D eigenvalue weighted by molar-refractivity contribution is 6.12. The number of aliphatic imine (C=N–C) groups is 1. The van der Waals surface area contributed by atoms with Crippen molar-refractivity contribution in [2.75, 3.05) is 13.1 Å². The summed E-state index contributed by atoms with van der Waals surface area (Å²) >= 11 is 0. The minimum absolute atomic E-state index is 0.398. The van der Waals surface area contributed by atoms with Crippen LogP contribution in [0, 0.1) is 32.1 Å². The normalized spacial score (nSPS) is 14.6.